The number of anilines is 1. The smallest absolute Gasteiger partial charge is 0.252 e. The highest BCUT2D eigenvalue weighted by molar-refractivity contribution is 6.03. The molecule has 0 bridgehead atoms. The van der Waals surface area contributed by atoms with E-state index in [1.54, 1.807) is 13.0 Å². The van der Waals surface area contributed by atoms with Gasteiger partial charge in [0.15, 0.2) is 5.82 Å². The predicted molar refractivity (Wildman–Crippen MR) is 65.6 cm³/mol. The Morgan fingerprint density at radius 2 is 2.29 bits per heavy atom. The summed E-state index contributed by atoms with van der Waals surface area (Å²) in [4.78, 5) is 11.9. The molecule has 1 aromatic heterocycles. The zero-order chi connectivity index (χ0) is 12.3. The van der Waals surface area contributed by atoms with Crippen molar-refractivity contribution in [2.75, 3.05) is 5.32 Å². The molecule has 2 rings (SSSR count). The molecule has 1 heterocycles. The largest absolute Gasteiger partial charge is 0.360 e. The lowest BCUT2D eigenvalue weighted by atomic mass is 9.96. The van der Waals surface area contributed by atoms with Gasteiger partial charge in [-0.3, -0.25) is 4.79 Å². The molecule has 17 heavy (non-hydrogen) atoms. The molecule has 0 saturated heterocycles. The number of aromatic nitrogens is 1. The first kappa shape index (κ1) is 11.6. The first-order valence-corrected chi connectivity index (χ1v) is 5.82. The fourth-order valence-electron chi connectivity index (χ4n) is 1.79. The number of carbonyl (C=O) groups excluding carboxylic acids is 1. The number of rotatable bonds is 3. The molecule has 0 spiro atoms. The van der Waals surface area contributed by atoms with Crippen LogP contribution in [-0.2, 0) is 4.79 Å². The molecule has 0 aromatic carbocycles. The maximum atomic E-state index is 11.9. The summed E-state index contributed by atoms with van der Waals surface area (Å²) in [5, 5.41) is 6.46. The molecule has 4 heteroatoms. The Kier molecular flexibility index (Phi) is 3.42. The van der Waals surface area contributed by atoms with Crippen molar-refractivity contribution in [3.05, 3.63) is 35.1 Å². The van der Waals surface area contributed by atoms with E-state index in [9.17, 15) is 4.79 Å². The lowest BCUT2D eigenvalue weighted by Crippen LogP contribution is -2.15. The van der Waals surface area contributed by atoms with Gasteiger partial charge in [-0.1, -0.05) is 29.8 Å². The summed E-state index contributed by atoms with van der Waals surface area (Å²) in [5.41, 5.74) is 2.18. The molecule has 1 aromatic rings. The third-order valence-electron chi connectivity index (χ3n) is 2.85. The van der Waals surface area contributed by atoms with Gasteiger partial charge >= 0.3 is 0 Å². The fourth-order valence-corrected chi connectivity index (χ4v) is 1.79. The minimum atomic E-state index is -0.0929. The van der Waals surface area contributed by atoms with Crippen LogP contribution >= 0.6 is 0 Å². The van der Waals surface area contributed by atoms with Crippen molar-refractivity contribution in [1.29, 1.82) is 0 Å². The zero-order valence-corrected chi connectivity index (χ0v) is 10.1. The first-order chi connectivity index (χ1) is 8.19. The minimum Gasteiger partial charge on any atom is -0.360 e. The van der Waals surface area contributed by atoms with Crippen LogP contribution in [0.1, 0.15) is 31.9 Å². The van der Waals surface area contributed by atoms with Gasteiger partial charge in [-0.2, -0.15) is 0 Å². The van der Waals surface area contributed by atoms with Crippen LogP contribution in [0, 0.1) is 6.92 Å². The lowest BCUT2D eigenvalue weighted by molar-refractivity contribution is -0.113. The van der Waals surface area contributed by atoms with E-state index in [0.717, 1.165) is 24.8 Å². The van der Waals surface area contributed by atoms with E-state index in [1.165, 1.54) is 5.57 Å². The van der Waals surface area contributed by atoms with Gasteiger partial charge in [-0.05, 0) is 26.2 Å². The Balaban J connectivity index is 2.02. The van der Waals surface area contributed by atoms with Gasteiger partial charge in [0.05, 0.1) is 0 Å². The topological polar surface area (TPSA) is 55.1 Å². The number of hydrogen-bond donors (Lipinski definition) is 1. The minimum absolute atomic E-state index is 0.0929. The van der Waals surface area contributed by atoms with E-state index in [1.807, 2.05) is 12.2 Å². The summed E-state index contributed by atoms with van der Waals surface area (Å²) < 4.78 is 4.89. The van der Waals surface area contributed by atoms with Gasteiger partial charge in [-0.25, -0.2) is 0 Å². The van der Waals surface area contributed by atoms with Crippen molar-refractivity contribution in [2.24, 2.45) is 0 Å². The van der Waals surface area contributed by atoms with E-state index in [4.69, 9.17) is 4.52 Å². The van der Waals surface area contributed by atoms with Crippen LogP contribution in [-0.4, -0.2) is 11.1 Å². The Labute approximate surface area is 100 Å². The second-order valence-electron chi connectivity index (χ2n) is 4.15. The predicted octanol–water partition coefficient (Wildman–Crippen LogP) is 2.98. The van der Waals surface area contributed by atoms with E-state index in [-0.39, 0.29) is 5.91 Å². The van der Waals surface area contributed by atoms with Crippen molar-refractivity contribution >= 4 is 11.7 Å². The molecule has 1 aliphatic carbocycles. The normalized spacial score (nSPS) is 15.2. The zero-order valence-electron chi connectivity index (χ0n) is 10.1. The highest BCUT2D eigenvalue weighted by Gasteiger charge is 2.14. The van der Waals surface area contributed by atoms with Crippen LogP contribution in [0.25, 0.3) is 0 Å². The van der Waals surface area contributed by atoms with Gasteiger partial charge in [-0.15, -0.1) is 0 Å². The third kappa shape index (κ3) is 2.84. The number of allylic oxidation sites excluding steroid dienone is 3. The first-order valence-electron chi connectivity index (χ1n) is 5.82. The van der Waals surface area contributed by atoms with Crippen molar-refractivity contribution in [3.63, 3.8) is 0 Å². The molecule has 0 unspecified atom stereocenters. The molecule has 0 fully saturated rings. The summed E-state index contributed by atoms with van der Waals surface area (Å²) in [6.45, 7) is 3.92. The SMILES string of the molecule is CCC1=CC=C(C(=O)Nc2cc(C)on2)CC1. The Morgan fingerprint density at radius 1 is 1.47 bits per heavy atom. The van der Waals surface area contributed by atoms with Crippen molar-refractivity contribution in [3.8, 4) is 0 Å². The van der Waals surface area contributed by atoms with E-state index >= 15 is 0 Å². The van der Waals surface area contributed by atoms with Gasteiger partial charge < -0.3 is 9.84 Å². The standard InChI is InChI=1S/C13H16N2O2/c1-3-10-4-6-11(7-5-10)13(16)14-12-8-9(2)17-15-12/h4,6,8H,3,5,7H2,1-2H3,(H,14,15,16). The Morgan fingerprint density at radius 3 is 2.82 bits per heavy atom. The van der Waals surface area contributed by atoms with Crippen LogP contribution in [0.5, 0.6) is 0 Å². The van der Waals surface area contributed by atoms with Crippen molar-refractivity contribution in [1.82, 2.24) is 5.16 Å². The second-order valence-corrected chi connectivity index (χ2v) is 4.15. The number of carbonyl (C=O) groups is 1. The molecule has 1 aliphatic rings. The van der Waals surface area contributed by atoms with Gasteiger partial charge in [0, 0.05) is 11.6 Å². The lowest BCUT2D eigenvalue weighted by Gasteiger charge is -2.12. The molecule has 1 amide bonds. The van der Waals surface area contributed by atoms with E-state index < -0.39 is 0 Å². The highest BCUT2D eigenvalue weighted by Crippen LogP contribution is 2.21. The maximum absolute atomic E-state index is 11.9. The van der Waals surface area contributed by atoms with Crippen molar-refractivity contribution in [2.45, 2.75) is 33.1 Å². The van der Waals surface area contributed by atoms with Crippen LogP contribution in [0.15, 0.2) is 33.9 Å². The van der Waals surface area contributed by atoms with E-state index in [0.29, 0.717) is 11.6 Å². The molecule has 0 aliphatic heterocycles. The molecular weight excluding hydrogens is 216 g/mol. The Hall–Kier alpha value is -1.84. The number of nitrogens with zero attached hydrogens (tertiary/aromatic N) is 1. The van der Waals surface area contributed by atoms with Gasteiger partial charge in [0.1, 0.15) is 5.76 Å². The van der Waals surface area contributed by atoms with E-state index in [2.05, 4.69) is 17.4 Å². The van der Waals surface area contributed by atoms with Gasteiger partial charge in [0.2, 0.25) is 0 Å². The number of amides is 1. The second kappa shape index (κ2) is 4.99. The molecule has 0 radical (unpaired) electrons. The quantitative estimate of drug-likeness (QED) is 0.871. The summed E-state index contributed by atoms with van der Waals surface area (Å²) >= 11 is 0. The fraction of sp³-hybridized carbons (Fsp3) is 0.385. The molecule has 0 atom stereocenters. The summed E-state index contributed by atoms with van der Waals surface area (Å²) in [6.07, 6.45) is 6.74. The maximum Gasteiger partial charge on any atom is 0.252 e. The van der Waals surface area contributed by atoms with Crippen LogP contribution in [0.2, 0.25) is 0 Å². The Bertz CT molecular complexity index is 483. The summed E-state index contributed by atoms with van der Waals surface area (Å²) in [6, 6.07) is 1.70. The molecule has 90 valence electrons. The number of aryl methyl sites for hydroxylation is 1. The van der Waals surface area contributed by atoms with Gasteiger partial charge in [0.25, 0.3) is 5.91 Å². The molecule has 1 N–H and O–H groups in total. The third-order valence-corrected chi connectivity index (χ3v) is 2.85. The monoisotopic (exact) mass is 232 g/mol. The van der Waals surface area contributed by atoms with Crippen LogP contribution < -0.4 is 5.32 Å². The molecule has 0 saturated carbocycles. The summed E-state index contributed by atoms with van der Waals surface area (Å²) in [7, 11) is 0. The number of hydrogen-bond acceptors (Lipinski definition) is 3. The van der Waals surface area contributed by atoms with Crippen molar-refractivity contribution < 1.29 is 9.32 Å². The summed E-state index contributed by atoms with van der Waals surface area (Å²) in [5.74, 6) is 1.06. The van der Waals surface area contributed by atoms with Crippen LogP contribution in [0.3, 0.4) is 0 Å². The average Bonchev–Trinajstić information content (AvgIpc) is 2.75. The molecule has 4 nitrogen and oxygen atoms in total. The highest BCUT2D eigenvalue weighted by atomic mass is 16.5. The average molecular weight is 232 g/mol. The van der Waals surface area contributed by atoms with Crippen LogP contribution in [0.4, 0.5) is 5.82 Å². The number of nitrogens with one attached hydrogen (secondary N) is 1. The molecular formula is C13H16N2O2.